The Kier molecular flexibility index (Phi) is 9.72. The van der Waals surface area contributed by atoms with Crippen molar-refractivity contribution in [1.82, 2.24) is 10.2 Å². The van der Waals surface area contributed by atoms with Gasteiger partial charge in [0.05, 0.1) is 0 Å². The van der Waals surface area contributed by atoms with Gasteiger partial charge in [-0.15, -0.1) is 0 Å². The fourth-order valence-electron chi connectivity index (χ4n) is 2.83. The van der Waals surface area contributed by atoms with Gasteiger partial charge in [0, 0.05) is 25.7 Å². The van der Waals surface area contributed by atoms with Gasteiger partial charge in [0.2, 0.25) is 0 Å². The van der Waals surface area contributed by atoms with Gasteiger partial charge < -0.3 is 5.32 Å². The molecule has 0 aromatic rings. The van der Waals surface area contributed by atoms with E-state index in [2.05, 4.69) is 58.7 Å². The van der Waals surface area contributed by atoms with Crippen LogP contribution in [0.2, 0.25) is 0 Å². The monoisotopic (exact) mass is 270 g/mol. The van der Waals surface area contributed by atoms with Crippen molar-refractivity contribution in [2.75, 3.05) is 26.2 Å². The molecule has 0 aliphatic heterocycles. The summed E-state index contributed by atoms with van der Waals surface area (Å²) in [5.74, 6) is 0.750. The Labute approximate surface area is 122 Å². The molecule has 2 heteroatoms. The molecule has 0 spiro atoms. The lowest BCUT2D eigenvalue weighted by atomic mass is 9.91. The Morgan fingerprint density at radius 1 is 1.05 bits per heavy atom. The van der Waals surface area contributed by atoms with Crippen LogP contribution >= 0.6 is 0 Å². The van der Waals surface area contributed by atoms with Gasteiger partial charge in [0.1, 0.15) is 0 Å². The van der Waals surface area contributed by atoms with E-state index in [9.17, 15) is 0 Å². The van der Waals surface area contributed by atoms with Crippen LogP contribution in [0.3, 0.4) is 0 Å². The third kappa shape index (κ3) is 8.65. The quantitative estimate of drug-likeness (QED) is 0.567. The maximum Gasteiger partial charge on any atom is 0.00903 e. The molecule has 0 amide bonds. The van der Waals surface area contributed by atoms with Crippen LogP contribution in [0.5, 0.6) is 0 Å². The van der Waals surface area contributed by atoms with Crippen LogP contribution in [0.25, 0.3) is 0 Å². The molecule has 0 saturated heterocycles. The molecule has 0 aromatic carbocycles. The maximum absolute atomic E-state index is 3.58. The third-order valence-corrected chi connectivity index (χ3v) is 3.72. The highest BCUT2D eigenvalue weighted by Gasteiger charge is 2.25. The standard InChI is InChI=1S/C17H38N2/c1-8-11-18-13-17(6,7)14-19(12-15(4)5)16(9-2)10-3/h15-16,18H,8-14H2,1-7H3. The number of hydrogen-bond donors (Lipinski definition) is 1. The van der Waals surface area contributed by atoms with Gasteiger partial charge in [-0.2, -0.15) is 0 Å². The molecule has 116 valence electrons. The second kappa shape index (κ2) is 9.77. The van der Waals surface area contributed by atoms with Gasteiger partial charge in [-0.1, -0.05) is 48.5 Å². The molecule has 0 atom stereocenters. The minimum Gasteiger partial charge on any atom is -0.316 e. The highest BCUT2D eigenvalue weighted by atomic mass is 15.2. The summed E-state index contributed by atoms with van der Waals surface area (Å²) in [4.78, 5) is 2.72. The SMILES string of the molecule is CCCNCC(C)(C)CN(CC(C)C)C(CC)CC. The molecule has 0 radical (unpaired) electrons. The molecule has 0 fully saturated rings. The second-order valence-electron chi connectivity index (χ2n) is 7.13. The van der Waals surface area contributed by atoms with E-state index < -0.39 is 0 Å². The van der Waals surface area contributed by atoms with E-state index in [1.54, 1.807) is 0 Å². The molecule has 0 unspecified atom stereocenters. The highest BCUT2D eigenvalue weighted by Crippen LogP contribution is 2.21. The normalized spacial score (nSPS) is 12.9. The van der Waals surface area contributed by atoms with Gasteiger partial charge >= 0.3 is 0 Å². The first kappa shape index (κ1) is 18.9. The summed E-state index contributed by atoms with van der Waals surface area (Å²) in [5.41, 5.74) is 0.354. The van der Waals surface area contributed by atoms with Gasteiger partial charge in [-0.3, -0.25) is 4.90 Å². The Morgan fingerprint density at radius 3 is 2.05 bits per heavy atom. The number of nitrogens with one attached hydrogen (secondary N) is 1. The van der Waals surface area contributed by atoms with Gasteiger partial charge in [0.25, 0.3) is 0 Å². The molecule has 2 nitrogen and oxygen atoms in total. The maximum atomic E-state index is 3.58. The van der Waals surface area contributed by atoms with Crippen molar-refractivity contribution in [3.8, 4) is 0 Å². The van der Waals surface area contributed by atoms with E-state index in [1.807, 2.05) is 0 Å². The van der Waals surface area contributed by atoms with Crippen LogP contribution in [0.1, 0.15) is 67.7 Å². The van der Waals surface area contributed by atoms with Crippen LogP contribution < -0.4 is 5.32 Å². The smallest absolute Gasteiger partial charge is 0.00903 e. The first-order chi connectivity index (χ1) is 8.86. The summed E-state index contributed by atoms with van der Waals surface area (Å²) < 4.78 is 0. The Bertz CT molecular complexity index is 207. The lowest BCUT2D eigenvalue weighted by molar-refractivity contribution is 0.107. The number of hydrogen-bond acceptors (Lipinski definition) is 2. The minimum absolute atomic E-state index is 0.354. The van der Waals surface area contributed by atoms with E-state index in [1.165, 1.54) is 32.4 Å². The second-order valence-corrected chi connectivity index (χ2v) is 7.13. The average molecular weight is 271 g/mol. The van der Waals surface area contributed by atoms with Crippen LogP contribution in [0.15, 0.2) is 0 Å². The molecule has 0 rings (SSSR count). The van der Waals surface area contributed by atoms with Crippen molar-refractivity contribution in [3.63, 3.8) is 0 Å². The largest absolute Gasteiger partial charge is 0.316 e. The van der Waals surface area contributed by atoms with E-state index >= 15 is 0 Å². The van der Waals surface area contributed by atoms with Gasteiger partial charge in [-0.05, 0) is 37.1 Å². The molecular weight excluding hydrogens is 232 g/mol. The molecule has 19 heavy (non-hydrogen) atoms. The highest BCUT2D eigenvalue weighted by molar-refractivity contribution is 4.80. The Hall–Kier alpha value is -0.0800. The molecular formula is C17H38N2. The molecule has 0 aromatic heterocycles. The summed E-state index contributed by atoms with van der Waals surface area (Å²) in [6.07, 6.45) is 3.75. The van der Waals surface area contributed by atoms with E-state index in [-0.39, 0.29) is 0 Å². The predicted molar refractivity (Wildman–Crippen MR) is 87.7 cm³/mol. The molecule has 0 heterocycles. The summed E-state index contributed by atoms with van der Waals surface area (Å²) >= 11 is 0. The van der Waals surface area contributed by atoms with E-state index in [4.69, 9.17) is 0 Å². The van der Waals surface area contributed by atoms with Crippen molar-refractivity contribution in [1.29, 1.82) is 0 Å². The predicted octanol–water partition coefficient (Wildman–Crippen LogP) is 4.16. The first-order valence-electron chi connectivity index (χ1n) is 8.31. The summed E-state index contributed by atoms with van der Waals surface area (Å²) in [6, 6.07) is 0.743. The Morgan fingerprint density at radius 2 is 1.63 bits per heavy atom. The van der Waals surface area contributed by atoms with Crippen LogP contribution in [0.4, 0.5) is 0 Å². The Balaban J connectivity index is 4.50. The zero-order valence-electron chi connectivity index (χ0n) is 14.6. The molecule has 0 saturated carbocycles. The molecule has 0 aliphatic carbocycles. The molecule has 0 bridgehead atoms. The topological polar surface area (TPSA) is 15.3 Å². The van der Waals surface area contributed by atoms with E-state index in [0.717, 1.165) is 25.0 Å². The van der Waals surface area contributed by atoms with Crippen LogP contribution in [-0.2, 0) is 0 Å². The fraction of sp³-hybridized carbons (Fsp3) is 1.00. The van der Waals surface area contributed by atoms with Gasteiger partial charge in [0.15, 0.2) is 0 Å². The minimum atomic E-state index is 0.354. The van der Waals surface area contributed by atoms with Gasteiger partial charge in [-0.25, -0.2) is 0 Å². The number of nitrogens with zero attached hydrogens (tertiary/aromatic N) is 1. The average Bonchev–Trinajstić information content (AvgIpc) is 2.29. The summed E-state index contributed by atoms with van der Waals surface area (Å²) in [5, 5.41) is 3.58. The van der Waals surface area contributed by atoms with Crippen molar-refractivity contribution in [3.05, 3.63) is 0 Å². The van der Waals surface area contributed by atoms with Crippen molar-refractivity contribution < 1.29 is 0 Å². The number of rotatable bonds is 11. The molecule has 1 N–H and O–H groups in total. The lowest BCUT2D eigenvalue weighted by Gasteiger charge is -2.38. The third-order valence-electron chi connectivity index (χ3n) is 3.72. The van der Waals surface area contributed by atoms with Crippen molar-refractivity contribution >= 4 is 0 Å². The van der Waals surface area contributed by atoms with E-state index in [0.29, 0.717) is 5.41 Å². The van der Waals surface area contributed by atoms with Crippen LogP contribution in [0, 0.1) is 11.3 Å². The fourth-order valence-corrected chi connectivity index (χ4v) is 2.83. The lowest BCUT2D eigenvalue weighted by Crippen LogP contribution is -2.46. The van der Waals surface area contributed by atoms with Crippen molar-refractivity contribution in [2.45, 2.75) is 73.8 Å². The summed E-state index contributed by atoms with van der Waals surface area (Å²) in [6.45, 7) is 21.0. The zero-order valence-corrected chi connectivity index (χ0v) is 14.6. The summed E-state index contributed by atoms with van der Waals surface area (Å²) in [7, 11) is 0. The first-order valence-corrected chi connectivity index (χ1v) is 8.31. The molecule has 0 aliphatic rings. The van der Waals surface area contributed by atoms with Crippen LogP contribution in [-0.4, -0.2) is 37.1 Å². The zero-order chi connectivity index (χ0) is 14.9. The van der Waals surface area contributed by atoms with Crippen molar-refractivity contribution in [2.24, 2.45) is 11.3 Å².